The van der Waals surface area contributed by atoms with Gasteiger partial charge in [-0.2, -0.15) is 0 Å². The van der Waals surface area contributed by atoms with Crippen molar-refractivity contribution in [2.75, 3.05) is 18.4 Å². The van der Waals surface area contributed by atoms with Gasteiger partial charge in [0.25, 0.3) is 11.8 Å². The molecule has 1 unspecified atom stereocenters. The second-order valence-corrected chi connectivity index (χ2v) is 8.94. The lowest BCUT2D eigenvalue weighted by Gasteiger charge is -2.30. The molecule has 2 heterocycles. The Kier molecular flexibility index (Phi) is 6.83. The standard InChI is InChI=1S/C24H30N2O5/c1-16(21(27)25-19-9-7-18(8-10-19)24(2,3)4)31-23(29)17-11-13-26(14-12-17)22(28)20-6-5-15-30-20/h5-10,15-17H,11-14H2,1-4H3,(H,25,27). The molecule has 1 N–H and O–H groups in total. The number of piperidine rings is 1. The van der Waals surface area contributed by atoms with Crippen LogP contribution in [0.5, 0.6) is 0 Å². The fraction of sp³-hybridized carbons (Fsp3) is 0.458. The second kappa shape index (κ2) is 9.37. The fourth-order valence-corrected chi connectivity index (χ4v) is 3.50. The normalized spacial score (nSPS) is 15.9. The Morgan fingerprint density at radius 2 is 1.74 bits per heavy atom. The Bertz CT molecular complexity index is 904. The molecule has 0 saturated carbocycles. The third-order valence-electron chi connectivity index (χ3n) is 5.53. The van der Waals surface area contributed by atoms with E-state index in [1.54, 1.807) is 24.0 Å². The number of furan rings is 1. The molecule has 1 aromatic carbocycles. The highest BCUT2D eigenvalue weighted by Gasteiger charge is 2.31. The second-order valence-electron chi connectivity index (χ2n) is 8.94. The molecular formula is C24H30N2O5. The maximum atomic E-state index is 12.5. The summed E-state index contributed by atoms with van der Waals surface area (Å²) in [5.74, 6) is -0.996. The van der Waals surface area contributed by atoms with E-state index in [1.165, 1.54) is 11.8 Å². The largest absolute Gasteiger partial charge is 0.459 e. The number of carbonyl (C=O) groups is 3. The summed E-state index contributed by atoms with van der Waals surface area (Å²) in [5, 5.41) is 2.79. The molecule has 1 aromatic heterocycles. The topological polar surface area (TPSA) is 88.8 Å². The number of nitrogens with zero attached hydrogens (tertiary/aromatic N) is 1. The zero-order chi connectivity index (χ0) is 22.6. The van der Waals surface area contributed by atoms with E-state index in [4.69, 9.17) is 9.15 Å². The summed E-state index contributed by atoms with van der Waals surface area (Å²) >= 11 is 0. The van der Waals surface area contributed by atoms with Crippen molar-refractivity contribution in [3.63, 3.8) is 0 Å². The number of anilines is 1. The minimum atomic E-state index is -0.905. The summed E-state index contributed by atoms with van der Waals surface area (Å²) < 4.78 is 10.5. The van der Waals surface area contributed by atoms with E-state index in [0.717, 1.165) is 0 Å². The molecule has 1 aliphatic rings. The van der Waals surface area contributed by atoms with E-state index in [-0.39, 0.29) is 23.1 Å². The average molecular weight is 427 g/mol. The Morgan fingerprint density at radius 3 is 2.29 bits per heavy atom. The van der Waals surface area contributed by atoms with E-state index < -0.39 is 12.1 Å². The Labute approximate surface area is 182 Å². The number of amides is 2. The van der Waals surface area contributed by atoms with Crippen LogP contribution in [-0.2, 0) is 19.7 Å². The first-order chi connectivity index (χ1) is 14.6. The summed E-state index contributed by atoms with van der Waals surface area (Å²) in [4.78, 5) is 38.9. The molecule has 1 fully saturated rings. The van der Waals surface area contributed by atoms with Crippen molar-refractivity contribution < 1.29 is 23.5 Å². The molecule has 0 bridgehead atoms. The van der Waals surface area contributed by atoms with Crippen LogP contribution >= 0.6 is 0 Å². The van der Waals surface area contributed by atoms with Gasteiger partial charge in [-0.3, -0.25) is 14.4 Å². The molecule has 2 amide bonds. The lowest BCUT2D eigenvalue weighted by atomic mass is 9.87. The van der Waals surface area contributed by atoms with Crippen molar-refractivity contribution in [3.05, 3.63) is 54.0 Å². The number of hydrogen-bond acceptors (Lipinski definition) is 5. The van der Waals surface area contributed by atoms with Crippen molar-refractivity contribution in [1.29, 1.82) is 0 Å². The summed E-state index contributed by atoms with van der Waals surface area (Å²) in [6.45, 7) is 8.82. The van der Waals surface area contributed by atoms with Crippen LogP contribution in [0.15, 0.2) is 47.1 Å². The highest BCUT2D eigenvalue weighted by molar-refractivity contribution is 5.95. The van der Waals surface area contributed by atoms with Gasteiger partial charge in [0.1, 0.15) is 0 Å². The van der Waals surface area contributed by atoms with Crippen LogP contribution in [0.4, 0.5) is 5.69 Å². The van der Waals surface area contributed by atoms with Crippen molar-refractivity contribution >= 4 is 23.5 Å². The third kappa shape index (κ3) is 5.75. The van der Waals surface area contributed by atoms with Gasteiger partial charge in [-0.15, -0.1) is 0 Å². The minimum absolute atomic E-state index is 0.0313. The molecule has 166 valence electrons. The van der Waals surface area contributed by atoms with Crippen molar-refractivity contribution in [1.82, 2.24) is 4.90 Å². The van der Waals surface area contributed by atoms with Gasteiger partial charge in [-0.05, 0) is 55.0 Å². The molecule has 31 heavy (non-hydrogen) atoms. The zero-order valence-electron chi connectivity index (χ0n) is 18.5. The van der Waals surface area contributed by atoms with Crippen LogP contribution in [0.1, 0.15) is 56.7 Å². The van der Waals surface area contributed by atoms with Gasteiger partial charge in [0.15, 0.2) is 11.9 Å². The van der Waals surface area contributed by atoms with Crippen molar-refractivity contribution in [2.45, 2.75) is 52.1 Å². The molecule has 1 saturated heterocycles. The van der Waals surface area contributed by atoms with Crippen LogP contribution in [0.25, 0.3) is 0 Å². The van der Waals surface area contributed by atoms with Crippen LogP contribution < -0.4 is 5.32 Å². The summed E-state index contributed by atoms with van der Waals surface area (Å²) in [6, 6.07) is 10.9. The summed E-state index contributed by atoms with van der Waals surface area (Å²) in [6.07, 6.45) is 1.54. The average Bonchev–Trinajstić information content (AvgIpc) is 3.28. The van der Waals surface area contributed by atoms with Crippen LogP contribution in [0, 0.1) is 5.92 Å². The molecule has 0 radical (unpaired) electrons. The monoisotopic (exact) mass is 426 g/mol. The molecule has 2 aromatic rings. The minimum Gasteiger partial charge on any atom is -0.459 e. The number of benzene rings is 1. The third-order valence-corrected chi connectivity index (χ3v) is 5.53. The van der Waals surface area contributed by atoms with Gasteiger partial charge >= 0.3 is 5.97 Å². The molecule has 7 nitrogen and oxygen atoms in total. The van der Waals surface area contributed by atoms with Gasteiger partial charge in [-0.25, -0.2) is 0 Å². The summed E-state index contributed by atoms with van der Waals surface area (Å²) in [5.41, 5.74) is 1.86. The van der Waals surface area contributed by atoms with Gasteiger partial charge in [0.2, 0.25) is 0 Å². The molecule has 1 atom stereocenters. The number of hydrogen-bond donors (Lipinski definition) is 1. The number of carbonyl (C=O) groups excluding carboxylic acids is 3. The van der Waals surface area contributed by atoms with Gasteiger partial charge in [0.05, 0.1) is 12.2 Å². The highest BCUT2D eigenvalue weighted by atomic mass is 16.5. The zero-order valence-corrected chi connectivity index (χ0v) is 18.5. The van der Waals surface area contributed by atoms with E-state index in [1.807, 2.05) is 24.3 Å². The van der Waals surface area contributed by atoms with E-state index in [9.17, 15) is 14.4 Å². The van der Waals surface area contributed by atoms with Gasteiger partial charge in [0, 0.05) is 18.8 Å². The predicted molar refractivity (Wildman–Crippen MR) is 117 cm³/mol. The number of nitrogens with one attached hydrogen (secondary N) is 1. The number of esters is 1. The van der Waals surface area contributed by atoms with Crippen molar-refractivity contribution in [2.24, 2.45) is 5.92 Å². The maximum Gasteiger partial charge on any atom is 0.309 e. The lowest BCUT2D eigenvalue weighted by molar-refractivity contribution is -0.158. The fourth-order valence-electron chi connectivity index (χ4n) is 3.50. The molecule has 1 aliphatic heterocycles. The van der Waals surface area contributed by atoms with E-state index in [0.29, 0.717) is 37.4 Å². The number of ether oxygens (including phenoxy) is 1. The maximum absolute atomic E-state index is 12.5. The molecule has 7 heteroatoms. The quantitative estimate of drug-likeness (QED) is 0.730. The summed E-state index contributed by atoms with van der Waals surface area (Å²) in [7, 11) is 0. The predicted octanol–water partition coefficient (Wildman–Crippen LogP) is 4.00. The highest BCUT2D eigenvalue weighted by Crippen LogP contribution is 2.24. The first-order valence-electron chi connectivity index (χ1n) is 10.6. The molecule has 0 spiro atoms. The van der Waals surface area contributed by atoms with E-state index in [2.05, 4.69) is 26.1 Å². The molecule has 3 rings (SSSR count). The van der Waals surface area contributed by atoms with E-state index >= 15 is 0 Å². The van der Waals surface area contributed by atoms with Gasteiger partial charge < -0.3 is 19.4 Å². The van der Waals surface area contributed by atoms with Crippen LogP contribution in [0.3, 0.4) is 0 Å². The van der Waals surface area contributed by atoms with Crippen LogP contribution in [-0.4, -0.2) is 41.9 Å². The Balaban J connectivity index is 1.47. The Hall–Kier alpha value is -3.09. The van der Waals surface area contributed by atoms with Gasteiger partial charge in [-0.1, -0.05) is 32.9 Å². The molecular weight excluding hydrogens is 396 g/mol. The molecule has 0 aliphatic carbocycles. The SMILES string of the molecule is CC(OC(=O)C1CCN(C(=O)c2ccco2)CC1)C(=O)Nc1ccc(C(C)(C)C)cc1. The first-order valence-corrected chi connectivity index (χ1v) is 10.6. The first kappa shape index (κ1) is 22.6. The number of likely N-dealkylation sites (tertiary alicyclic amines) is 1. The number of rotatable bonds is 5. The lowest BCUT2D eigenvalue weighted by Crippen LogP contribution is -2.41. The smallest absolute Gasteiger partial charge is 0.309 e. The Morgan fingerprint density at radius 1 is 1.10 bits per heavy atom. The van der Waals surface area contributed by atoms with Crippen LogP contribution in [0.2, 0.25) is 0 Å². The van der Waals surface area contributed by atoms with Crippen molar-refractivity contribution in [3.8, 4) is 0 Å².